The van der Waals surface area contributed by atoms with E-state index in [-0.39, 0.29) is 34.9 Å². The number of hydrogen-bond donors (Lipinski definition) is 3. The van der Waals surface area contributed by atoms with E-state index in [1.165, 1.54) is 6.07 Å². The summed E-state index contributed by atoms with van der Waals surface area (Å²) in [6.45, 7) is 7.82. The van der Waals surface area contributed by atoms with Gasteiger partial charge in [0.05, 0.1) is 17.2 Å². The van der Waals surface area contributed by atoms with E-state index in [2.05, 4.69) is 37.5 Å². The highest BCUT2D eigenvalue weighted by atomic mass is 35.5. The van der Waals surface area contributed by atoms with Crippen LogP contribution in [0.3, 0.4) is 0 Å². The lowest BCUT2D eigenvalue weighted by molar-refractivity contribution is -0.137. The molecule has 7 nitrogen and oxygen atoms in total. The number of amides is 2. The molecule has 0 saturated carbocycles. The minimum atomic E-state index is -4.52. The summed E-state index contributed by atoms with van der Waals surface area (Å²) in [6.07, 6.45) is -0.121. The van der Waals surface area contributed by atoms with Crippen LogP contribution in [0.25, 0.3) is 17.2 Å². The lowest BCUT2D eigenvalue weighted by Crippen LogP contribution is -2.28. The first-order valence-corrected chi connectivity index (χ1v) is 17.7. The third-order valence-corrected chi connectivity index (χ3v) is 8.85. The highest BCUT2D eigenvalue weighted by molar-refractivity contribution is 7.85. The minimum absolute atomic E-state index is 0.00771. The predicted octanol–water partition coefficient (Wildman–Crippen LogP) is 8.98. The van der Waals surface area contributed by atoms with Gasteiger partial charge in [0.1, 0.15) is 0 Å². The van der Waals surface area contributed by atoms with Gasteiger partial charge in [-0.2, -0.15) is 21.6 Å². The fourth-order valence-electron chi connectivity index (χ4n) is 5.15. The summed E-state index contributed by atoms with van der Waals surface area (Å²) < 4.78 is 70.3. The summed E-state index contributed by atoms with van der Waals surface area (Å²) in [6, 6.07) is 22.5. The fourth-order valence-corrected chi connectivity index (χ4v) is 5.80. The number of carbonyl (C=O) groups excluding carboxylic acids is 2. The molecule has 0 aliphatic rings. The van der Waals surface area contributed by atoms with Crippen molar-refractivity contribution in [2.45, 2.75) is 46.2 Å². The zero-order chi connectivity index (χ0) is 36.9. The topological polar surface area (TPSA) is 113 Å². The molecule has 0 heterocycles. The van der Waals surface area contributed by atoms with Gasteiger partial charge in [-0.1, -0.05) is 93.1 Å². The minimum Gasteiger partial charge on any atom is -0.351 e. The number of alkyl halides is 3. The maximum atomic E-state index is 13.9. The SMILES string of the molecule is Cc1cc(NC(=O)C(Cc2ccc(C(=O)NCCS(=O)(=O)O)cc2)c2ccc(/C=C/C(C)(C)C)cc2)ccc1-c1ccc(C(F)(F)F)cc1Cl. The van der Waals surface area contributed by atoms with Crippen LogP contribution in [0.5, 0.6) is 0 Å². The van der Waals surface area contributed by atoms with Crippen molar-refractivity contribution in [2.24, 2.45) is 5.41 Å². The second-order valence-corrected chi connectivity index (χ2v) is 15.1. The van der Waals surface area contributed by atoms with Gasteiger partial charge in [-0.15, -0.1) is 0 Å². The van der Waals surface area contributed by atoms with E-state index >= 15 is 0 Å². The van der Waals surface area contributed by atoms with Crippen molar-refractivity contribution in [3.63, 3.8) is 0 Å². The molecule has 0 saturated heterocycles. The molecule has 0 bridgehead atoms. The van der Waals surface area contributed by atoms with Crippen LogP contribution in [0.4, 0.5) is 18.9 Å². The normalized spacial score (nSPS) is 12.9. The van der Waals surface area contributed by atoms with Gasteiger partial charge in [0.25, 0.3) is 16.0 Å². The molecular weight excluding hydrogens is 689 g/mol. The Morgan fingerprint density at radius 1 is 0.900 bits per heavy atom. The van der Waals surface area contributed by atoms with E-state index in [1.54, 1.807) is 49.4 Å². The number of anilines is 1. The van der Waals surface area contributed by atoms with Gasteiger partial charge in [0, 0.05) is 28.4 Å². The Bertz CT molecular complexity index is 1990. The second kappa shape index (κ2) is 15.6. The standard InChI is InChI=1S/C38H38ClF3N2O5S/c1-24-21-30(14-16-31(24)32-15-13-29(23-34(32)39)38(40,41)42)44-36(46)33(27-9-5-25(6-10-27)17-18-37(2,3)4)22-26-7-11-28(12-8-26)35(45)43-19-20-50(47,48)49/h5-18,21,23,33H,19-20,22H2,1-4H3,(H,43,45)(H,44,46)(H,47,48,49)/b18-17+. The summed E-state index contributed by atoms with van der Waals surface area (Å²) in [7, 11) is -4.21. The highest BCUT2D eigenvalue weighted by Gasteiger charge is 2.31. The zero-order valence-electron chi connectivity index (χ0n) is 27.9. The molecular formula is C38H38ClF3N2O5S. The van der Waals surface area contributed by atoms with Crippen LogP contribution >= 0.6 is 11.6 Å². The van der Waals surface area contributed by atoms with Gasteiger partial charge in [-0.3, -0.25) is 14.1 Å². The Kier molecular flexibility index (Phi) is 12.0. The number of hydrogen-bond acceptors (Lipinski definition) is 4. The van der Waals surface area contributed by atoms with Crippen molar-refractivity contribution in [2.75, 3.05) is 17.6 Å². The van der Waals surface area contributed by atoms with Crippen LogP contribution < -0.4 is 10.6 Å². The maximum Gasteiger partial charge on any atom is 0.416 e. The van der Waals surface area contributed by atoms with Crippen LogP contribution in [0.1, 0.15) is 64.9 Å². The van der Waals surface area contributed by atoms with Crippen LogP contribution in [-0.4, -0.2) is 37.1 Å². The number of carbonyl (C=O) groups is 2. The molecule has 4 aromatic rings. The largest absolute Gasteiger partial charge is 0.416 e. The van der Waals surface area contributed by atoms with Crippen LogP contribution in [-0.2, 0) is 27.5 Å². The molecule has 12 heteroatoms. The average Bonchev–Trinajstić information content (AvgIpc) is 3.02. The quantitative estimate of drug-likeness (QED) is 0.134. The lowest BCUT2D eigenvalue weighted by atomic mass is 9.89. The third-order valence-electron chi connectivity index (χ3n) is 7.81. The van der Waals surface area contributed by atoms with Crippen LogP contribution in [0.15, 0.2) is 91.0 Å². The number of aryl methyl sites for hydroxylation is 1. The van der Waals surface area contributed by atoms with Gasteiger partial charge in [-0.05, 0) is 83.0 Å². The Morgan fingerprint density at radius 2 is 1.54 bits per heavy atom. The molecule has 1 atom stereocenters. The Labute approximate surface area is 295 Å². The van der Waals surface area contributed by atoms with E-state index in [1.807, 2.05) is 30.3 Å². The number of benzene rings is 4. The van der Waals surface area contributed by atoms with Gasteiger partial charge >= 0.3 is 6.18 Å². The van der Waals surface area contributed by atoms with Crippen molar-refractivity contribution in [1.82, 2.24) is 5.32 Å². The maximum absolute atomic E-state index is 13.9. The van der Waals surface area contributed by atoms with Crippen LogP contribution in [0, 0.1) is 12.3 Å². The smallest absolute Gasteiger partial charge is 0.351 e. The zero-order valence-corrected chi connectivity index (χ0v) is 29.5. The van der Waals surface area contributed by atoms with Crippen LogP contribution in [0.2, 0.25) is 5.02 Å². The van der Waals surface area contributed by atoms with Crippen molar-refractivity contribution >= 4 is 45.3 Å². The Balaban J connectivity index is 1.57. The summed E-state index contributed by atoms with van der Waals surface area (Å²) in [5.41, 5.74) is 4.17. The molecule has 0 aliphatic heterocycles. The summed E-state index contributed by atoms with van der Waals surface area (Å²) in [4.78, 5) is 26.3. The van der Waals surface area contributed by atoms with Gasteiger partial charge in [0.15, 0.2) is 0 Å². The molecule has 4 aromatic carbocycles. The molecule has 0 radical (unpaired) electrons. The summed E-state index contributed by atoms with van der Waals surface area (Å²) >= 11 is 6.24. The molecule has 4 rings (SSSR count). The van der Waals surface area contributed by atoms with Crippen molar-refractivity contribution in [3.05, 3.63) is 129 Å². The molecule has 0 spiro atoms. The van der Waals surface area contributed by atoms with Gasteiger partial charge < -0.3 is 10.6 Å². The molecule has 0 aliphatic carbocycles. The Hall–Kier alpha value is -4.45. The highest BCUT2D eigenvalue weighted by Crippen LogP contribution is 2.37. The van der Waals surface area contributed by atoms with Gasteiger partial charge in [-0.25, -0.2) is 0 Å². The molecule has 50 heavy (non-hydrogen) atoms. The summed E-state index contributed by atoms with van der Waals surface area (Å²) in [5, 5.41) is 5.38. The van der Waals surface area contributed by atoms with E-state index in [9.17, 15) is 31.2 Å². The summed E-state index contributed by atoms with van der Waals surface area (Å²) in [5.74, 6) is -2.06. The molecule has 0 aromatic heterocycles. The van der Waals surface area contributed by atoms with E-state index < -0.39 is 39.4 Å². The first kappa shape index (κ1) is 38.4. The Morgan fingerprint density at radius 3 is 2.10 bits per heavy atom. The van der Waals surface area contributed by atoms with Crippen molar-refractivity contribution in [3.8, 4) is 11.1 Å². The second-order valence-electron chi connectivity index (χ2n) is 13.1. The molecule has 2 amide bonds. The number of nitrogens with one attached hydrogen (secondary N) is 2. The fraction of sp³-hybridized carbons (Fsp3) is 0.263. The molecule has 3 N–H and O–H groups in total. The van der Waals surface area contributed by atoms with Gasteiger partial charge in [0.2, 0.25) is 5.91 Å². The number of halogens is 4. The van der Waals surface area contributed by atoms with E-state index in [0.29, 0.717) is 22.4 Å². The first-order valence-electron chi connectivity index (χ1n) is 15.7. The molecule has 0 fully saturated rings. The lowest BCUT2D eigenvalue weighted by Gasteiger charge is -2.19. The third kappa shape index (κ3) is 11.0. The number of allylic oxidation sites excluding steroid dienone is 1. The van der Waals surface area contributed by atoms with E-state index in [4.69, 9.17) is 16.2 Å². The monoisotopic (exact) mass is 726 g/mol. The predicted molar refractivity (Wildman–Crippen MR) is 192 cm³/mol. The molecule has 1 unspecified atom stereocenters. The number of rotatable bonds is 11. The van der Waals surface area contributed by atoms with E-state index in [0.717, 1.165) is 28.8 Å². The first-order chi connectivity index (χ1) is 23.3. The average molecular weight is 727 g/mol. The van der Waals surface area contributed by atoms with Crippen molar-refractivity contribution < 1.29 is 35.7 Å². The molecule has 264 valence electrons. The van der Waals surface area contributed by atoms with Crippen molar-refractivity contribution in [1.29, 1.82) is 0 Å².